The summed E-state index contributed by atoms with van der Waals surface area (Å²) in [5.74, 6) is 0.436. The second-order valence-electron chi connectivity index (χ2n) is 7.13. The van der Waals surface area contributed by atoms with Crippen molar-refractivity contribution in [2.24, 2.45) is 0 Å². The van der Waals surface area contributed by atoms with E-state index in [0.717, 1.165) is 48.1 Å². The number of hydrogen-bond donors (Lipinski definition) is 2. The molecule has 29 heavy (non-hydrogen) atoms. The molecule has 1 aliphatic rings. The number of halogens is 1. The second-order valence-corrected chi connectivity index (χ2v) is 7.13. The molecule has 0 radical (unpaired) electrons. The highest BCUT2D eigenvalue weighted by atomic mass is 19.1. The molecular weight excluding hydrogens is 369 g/mol. The minimum absolute atomic E-state index is 0.122. The lowest BCUT2D eigenvalue weighted by molar-refractivity contribution is 0.167. The molecule has 7 heteroatoms. The Balaban J connectivity index is 1.56. The number of nitrogens with zero attached hydrogens (tertiary/aromatic N) is 3. The lowest BCUT2D eigenvalue weighted by Gasteiger charge is -2.24. The van der Waals surface area contributed by atoms with Crippen LogP contribution in [0.3, 0.4) is 0 Å². The molecule has 3 aromatic heterocycles. The summed E-state index contributed by atoms with van der Waals surface area (Å²) in [6, 6.07) is 10.4. The van der Waals surface area contributed by atoms with Gasteiger partial charge in [0.25, 0.3) is 0 Å². The molecule has 0 unspecified atom stereocenters. The SMILES string of the molecule is Fc1ccccc1-c1n[nH]c2cnc(-c3cnccc3O[C@H]3CCCNC3)cc12. The van der Waals surface area contributed by atoms with Gasteiger partial charge in [-0.3, -0.25) is 15.1 Å². The predicted molar refractivity (Wildman–Crippen MR) is 109 cm³/mol. The number of aromatic nitrogens is 4. The number of hydrogen-bond acceptors (Lipinski definition) is 5. The summed E-state index contributed by atoms with van der Waals surface area (Å²) in [5.41, 5.74) is 3.27. The summed E-state index contributed by atoms with van der Waals surface area (Å²) in [4.78, 5) is 8.82. The fourth-order valence-electron chi connectivity index (χ4n) is 3.70. The van der Waals surface area contributed by atoms with E-state index in [0.29, 0.717) is 17.0 Å². The first-order valence-corrected chi connectivity index (χ1v) is 9.70. The van der Waals surface area contributed by atoms with Crippen molar-refractivity contribution in [3.05, 3.63) is 60.8 Å². The molecule has 1 atom stereocenters. The smallest absolute Gasteiger partial charge is 0.132 e. The number of benzene rings is 1. The molecule has 4 aromatic rings. The average molecular weight is 389 g/mol. The minimum atomic E-state index is -0.311. The maximum atomic E-state index is 14.3. The van der Waals surface area contributed by atoms with Crippen molar-refractivity contribution in [2.45, 2.75) is 18.9 Å². The van der Waals surface area contributed by atoms with Gasteiger partial charge in [-0.15, -0.1) is 0 Å². The standard InChI is InChI=1S/C22H20FN5O/c23-18-6-2-1-5-15(18)22-16-10-19(26-13-20(16)27-28-22)17-12-25-9-7-21(17)29-14-4-3-8-24-11-14/h1-2,5-7,9-10,12-14,24H,3-4,8,11H2,(H,27,28)/t14-/m0/s1. The number of nitrogens with one attached hydrogen (secondary N) is 2. The van der Waals surface area contributed by atoms with Gasteiger partial charge in [-0.25, -0.2) is 4.39 Å². The van der Waals surface area contributed by atoms with Crippen LogP contribution in [0, 0.1) is 5.82 Å². The molecule has 0 aliphatic carbocycles. The van der Waals surface area contributed by atoms with Crippen molar-refractivity contribution < 1.29 is 9.13 Å². The molecule has 0 bridgehead atoms. The van der Waals surface area contributed by atoms with Crippen LogP contribution in [0.1, 0.15) is 12.8 Å². The fraction of sp³-hybridized carbons (Fsp3) is 0.227. The van der Waals surface area contributed by atoms with Crippen molar-refractivity contribution >= 4 is 10.9 Å². The normalized spacial score (nSPS) is 16.8. The topological polar surface area (TPSA) is 75.7 Å². The highest BCUT2D eigenvalue weighted by Crippen LogP contribution is 2.34. The molecule has 0 saturated carbocycles. The third kappa shape index (κ3) is 3.45. The number of aromatic amines is 1. The Morgan fingerprint density at radius 1 is 1.10 bits per heavy atom. The number of piperidine rings is 1. The van der Waals surface area contributed by atoms with Crippen molar-refractivity contribution in [1.82, 2.24) is 25.5 Å². The van der Waals surface area contributed by atoms with E-state index in [1.807, 2.05) is 12.1 Å². The molecule has 1 fully saturated rings. The lowest BCUT2D eigenvalue weighted by atomic mass is 10.1. The Labute approximate surface area is 167 Å². The first kappa shape index (κ1) is 17.8. The first-order chi connectivity index (χ1) is 14.3. The number of pyridine rings is 2. The van der Waals surface area contributed by atoms with Gasteiger partial charge in [0.05, 0.1) is 23.0 Å². The van der Waals surface area contributed by atoms with Gasteiger partial charge in [0.2, 0.25) is 0 Å². The molecule has 1 aliphatic heterocycles. The number of fused-ring (bicyclic) bond motifs is 1. The van der Waals surface area contributed by atoms with E-state index >= 15 is 0 Å². The number of rotatable bonds is 4. The van der Waals surface area contributed by atoms with Crippen LogP contribution in [0.25, 0.3) is 33.4 Å². The van der Waals surface area contributed by atoms with Gasteiger partial charge in [-0.2, -0.15) is 5.10 Å². The van der Waals surface area contributed by atoms with Crippen LogP contribution in [0.5, 0.6) is 5.75 Å². The third-order valence-corrected chi connectivity index (χ3v) is 5.18. The zero-order valence-electron chi connectivity index (χ0n) is 15.7. The van der Waals surface area contributed by atoms with Crippen LogP contribution >= 0.6 is 0 Å². The van der Waals surface area contributed by atoms with Crippen molar-refractivity contribution in [3.8, 4) is 28.3 Å². The van der Waals surface area contributed by atoms with E-state index in [-0.39, 0.29) is 11.9 Å². The van der Waals surface area contributed by atoms with Crippen LogP contribution in [-0.4, -0.2) is 39.4 Å². The maximum absolute atomic E-state index is 14.3. The van der Waals surface area contributed by atoms with Crippen molar-refractivity contribution in [2.75, 3.05) is 13.1 Å². The quantitative estimate of drug-likeness (QED) is 0.553. The molecule has 6 nitrogen and oxygen atoms in total. The fourth-order valence-corrected chi connectivity index (χ4v) is 3.70. The average Bonchev–Trinajstić information content (AvgIpc) is 3.18. The molecule has 5 rings (SSSR count). The Kier molecular flexibility index (Phi) is 4.65. The van der Waals surface area contributed by atoms with Crippen LogP contribution in [-0.2, 0) is 0 Å². The number of ether oxygens (including phenoxy) is 1. The summed E-state index contributed by atoms with van der Waals surface area (Å²) in [7, 11) is 0. The lowest BCUT2D eigenvalue weighted by Crippen LogP contribution is -2.37. The van der Waals surface area contributed by atoms with Crippen molar-refractivity contribution in [1.29, 1.82) is 0 Å². The highest BCUT2D eigenvalue weighted by molar-refractivity contribution is 5.94. The van der Waals surface area contributed by atoms with Crippen molar-refractivity contribution in [3.63, 3.8) is 0 Å². The molecule has 0 amide bonds. The molecule has 2 N–H and O–H groups in total. The molecule has 1 aromatic carbocycles. The Hall–Kier alpha value is -3.32. The van der Waals surface area contributed by atoms with E-state index in [1.54, 1.807) is 36.8 Å². The monoisotopic (exact) mass is 389 g/mol. The Morgan fingerprint density at radius 2 is 2.03 bits per heavy atom. The van der Waals surface area contributed by atoms with Crippen LogP contribution in [0.15, 0.2) is 55.0 Å². The summed E-state index contributed by atoms with van der Waals surface area (Å²) < 4.78 is 20.6. The summed E-state index contributed by atoms with van der Waals surface area (Å²) in [5, 5.41) is 11.4. The molecule has 0 spiro atoms. The zero-order chi connectivity index (χ0) is 19.6. The van der Waals surface area contributed by atoms with Gasteiger partial charge in [0.1, 0.15) is 23.4 Å². The minimum Gasteiger partial charge on any atom is -0.488 e. The van der Waals surface area contributed by atoms with Gasteiger partial charge >= 0.3 is 0 Å². The maximum Gasteiger partial charge on any atom is 0.132 e. The highest BCUT2D eigenvalue weighted by Gasteiger charge is 2.19. The van der Waals surface area contributed by atoms with E-state index in [9.17, 15) is 4.39 Å². The van der Waals surface area contributed by atoms with Gasteiger partial charge in [-0.05, 0) is 43.7 Å². The van der Waals surface area contributed by atoms with Gasteiger partial charge < -0.3 is 10.1 Å². The molecular formula is C22H20FN5O. The van der Waals surface area contributed by atoms with E-state index in [1.165, 1.54) is 6.07 Å². The summed E-state index contributed by atoms with van der Waals surface area (Å²) in [6.45, 7) is 1.86. The third-order valence-electron chi connectivity index (χ3n) is 5.18. The van der Waals surface area contributed by atoms with E-state index in [2.05, 4.69) is 25.5 Å². The second kappa shape index (κ2) is 7.60. The summed E-state index contributed by atoms with van der Waals surface area (Å²) in [6.07, 6.45) is 7.41. The molecule has 146 valence electrons. The van der Waals surface area contributed by atoms with Crippen LogP contribution in [0.2, 0.25) is 0 Å². The molecule has 4 heterocycles. The van der Waals surface area contributed by atoms with E-state index < -0.39 is 0 Å². The van der Waals surface area contributed by atoms with Gasteiger partial charge in [0.15, 0.2) is 0 Å². The van der Waals surface area contributed by atoms with Gasteiger partial charge in [-0.1, -0.05) is 12.1 Å². The van der Waals surface area contributed by atoms with E-state index in [4.69, 9.17) is 4.74 Å². The summed E-state index contributed by atoms with van der Waals surface area (Å²) >= 11 is 0. The van der Waals surface area contributed by atoms with Crippen LogP contribution in [0.4, 0.5) is 4.39 Å². The first-order valence-electron chi connectivity index (χ1n) is 9.70. The Morgan fingerprint density at radius 3 is 2.90 bits per heavy atom. The van der Waals surface area contributed by atoms with Gasteiger partial charge in [0, 0.05) is 29.9 Å². The largest absolute Gasteiger partial charge is 0.488 e. The molecule has 1 saturated heterocycles. The zero-order valence-corrected chi connectivity index (χ0v) is 15.7. The predicted octanol–water partition coefficient (Wildman–Crippen LogP) is 3.96. The number of H-pyrrole nitrogens is 1. The van der Waals surface area contributed by atoms with Crippen LogP contribution < -0.4 is 10.1 Å². The Bertz CT molecular complexity index is 1150.